The van der Waals surface area contributed by atoms with E-state index in [1.165, 1.54) is 0 Å². The predicted molar refractivity (Wildman–Crippen MR) is 80.1 cm³/mol. The van der Waals surface area contributed by atoms with E-state index >= 15 is 0 Å². The molecule has 0 unspecified atom stereocenters. The van der Waals surface area contributed by atoms with Crippen LogP contribution in [0.2, 0.25) is 0 Å². The lowest BCUT2D eigenvalue weighted by atomic mass is 10.0. The number of hydrogen-bond acceptors (Lipinski definition) is 2. The Morgan fingerprint density at radius 2 is 1.78 bits per heavy atom. The maximum Gasteiger partial charge on any atom is 0.326 e. The van der Waals surface area contributed by atoms with Crippen LogP contribution in [-0.2, 0) is 11.2 Å². The molecule has 6 heteroatoms. The normalized spacial score (nSPS) is 11.8. The molecule has 0 saturated carbocycles. The Balaban J connectivity index is 2.14. The highest BCUT2D eigenvalue weighted by atomic mass is 19.1. The summed E-state index contributed by atoms with van der Waals surface area (Å²) in [6.45, 7) is 1.90. The van der Waals surface area contributed by atoms with Crippen molar-refractivity contribution in [3.05, 3.63) is 70.8 Å². The SMILES string of the molecule is Cc1ccc(C[C@@H](NC(=O)c2ccc(F)cc2F)C(=O)O)cc1. The quantitative estimate of drug-likeness (QED) is 0.890. The monoisotopic (exact) mass is 319 g/mol. The first-order chi connectivity index (χ1) is 10.9. The van der Waals surface area contributed by atoms with Crippen LogP contribution in [-0.4, -0.2) is 23.0 Å². The van der Waals surface area contributed by atoms with Crippen LogP contribution in [0.15, 0.2) is 42.5 Å². The molecule has 0 bridgehead atoms. The van der Waals surface area contributed by atoms with Crippen LogP contribution in [0, 0.1) is 18.6 Å². The number of benzene rings is 2. The van der Waals surface area contributed by atoms with E-state index in [2.05, 4.69) is 5.32 Å². The Labute approximate surface area is 131 Å². The predicted octanol–water partition coefficient (Wildman–Crippen LogP) is 2.70. The van der Waals surface area contributed by atoms with E-state index in [4.69, 9.17) is 0 Å². The minimum absolute atomic E-state index is 0.0597. The third-order valence-electron chi connectivity index (χ3n) is 3.34. The summed E-state index contributed by atoms with van der Waals surface area (Å²) in [6.07, 6.45) is 0.0597. The maximum absolute atomic E-state index is 13.6. The first kappa shape index (κ1) is 16.6. The molecule has 0 radical (unpaired) electrons. The summed E-state index contributed by atoms with van der Waals surface area (Å²) in [6, 6.07) is 8.45. The van der Waals surface area contributed by atoms with E-state index in [1.54, 1.807) is 12.1 Å². The number of carbonyl (C=O) groups is 2. The lowest BCUT2D eigenvalue weighted by molar-refractivity contribution is -0.139. The van der Waals surface area contributed by atoms with E-state index in [1.807, 2.05) is 19.1 Å². The molecule has 0 aliphatic heterocycles. The number of carboxylic acid groups (broad SMARTS) is 1. The van der Waals surface area contributed by atoms with E-state index in [-0.39, 0.29) is 6.42 Å². The third-order valence-corrected chi connectivity index (χ3v) is 3.34. The van der Waals surface area contributed by atoms with Crippen LogP contribution >= 0.6 is 0 Å². The summed E-state index contributed by atoms with van der Waals surface area (Å²) >= 11 is 0. The number of halogens is 2. The number of rotatable bonds is 5. The molecule has 1 atom stereocenters. The second kappa shape index (κ2) is 7.00. The standard InChI is InChI=1S/C17H15F2NO3/c1-10-2-4-11(5-3-10)8-15(17(22)23)20-16(21)13-7-6-12(18)9-14(13)19/h2-7,9,15H,8H2,1H3,(H,20,21)(H,22,23)/t15-/m1/s1. The van der Waals surface area contributed by atoms with Gasteiger partial charge in [-0.25, -0.2) is 13.6 Å². The fraction of sp³-hybridized carbons (Fsp3) is 0.176. The minimum Gasteiger partial charge on any atom is -0.480 e. The molecule has 2 aromatic carbocycles. The van der Waals surface area contributed by atoms with Crippen molar-refractivity contribution in [3.8, 4) is 0 Å². The first-order valence-electron chi connectivity index (χ1n) is 6.91. The molecule has 2 rings (SSSR count). The summed E-state index contributed by atoms with van der Waals surface area (Å²) in [5.41, 5.74) is 1.35. The van der Waals surface area contributed by atoms with Crippen molar-refractivity contribution in [3.63, 3.8) is 0 Å². The molecule has 120 valence electrons. The van der Waals surface area contributed by atoms with Gasteiger partial charge >= 0.3 is 5.97 Å². The van der Waals surface area contributed by atoms with Crippen molar-refractivity contribution in [2.75, 3.05) is 0 Å². The third kappa shape index (κ3) is 4.35. The van der Waals surface area contributed by atoms with Crippen LogP contribution in [0.4, 0.5) is 8.78 Å². The van der Waals surface area contributed by atoms with Crippen molar-refractivity contribution in [1.29, 1.82) is 0 Å². The van der Waals surface area contributed by atoms with Crippen molar-refractivity contribution in [2.45, 2.75) is 19.4 Å². The molecule has 4 nitrogen and oxygen atoms in total. The minimum atomic E-state index is -1.23. The summed E-state index contributed by atoms with van der Waals surface area (Å²) in [7, 11) is 0. The van der Waals surface area contributed by atoms with Gasteiger partial charge in [0.05, 0.1) is 5.56 Å². The second-order valence-electron chi connectivity index (χ2n) is 5.18. The van der Waals surface area contributed by atoms with Crippen LogP contribution in [0.25, 0.3) is 0 Å². The van der Waals surface area contributed by atoms with Crippen molar-refractivity contribution >= 4 is 11.9 Å². The molecule has 0 spiro atoms. The summed E-state index contributed by atoms with van der Waals surface area (Å²) in [5, 5.41) is 11.5. The molecular weight excluding hydrogens is 304 g/mol. The zero-order valence-corrected chi connectivity index (χ0v) is 12.3. The van der Waals surface area contributed by atoms with Gasteiger partial charge < -0.3 is 10.4 Å². The van der Waals surface area contributed by atoms with Crippen molar-refractivity contribution in [1.82, 2.24) is 5.32 Å². The number of amides is 1. The average molecular weight is 319 g/mol. The molecule has 2 aromatic rings. The second-order valence-corrected chi connectivity index (χ2v) is 5.18. The zero-order chi connectivity index (χ0) is 17.0. The molecule has 0 aliphatic carbocycles. The molecule has 0 aliphatic rings. The number of carbonyl (C=O) groups excluding carboxylic acids is 1. The Bertz CT molecular complexity index is 729. The van der Waals surface area contributed by atoms with Gasteiger partial charge in [0.2, 0.25) is 0 Å². The highest BCUT2D eigenvalue weighted by molar-refractivity contribution is 5.96. The number of aliphatic carboxylic acids is 1. The zero-order valence-electron chi connectivity index (χ0n) is 12.3. The lowest BCUT2D eigenvalue weighted by Gasteiger charge is -2.15. The van der Waals surface area contributed by atoms with Gasteiger partial charge in [0, 0.05) is 12.5 Å². The number of hydrogen-bond donors (Lipinski definition) is 2. The van der Waals surface area contributed by atoms with Crippen LogP contribution in [0.3, 0.4) is 0 Å². The van der Waals surface area contributed by atoms with E-state index in [9.17, 15) is 23.5 Å². The number of aryl methyl sites for hydroxylation is 1. The highest BCUT2D eigenvalue weighted by Crippen LogP contribution is 2.11. The molecule has 0 aromatic heterocycles. The Kier molecular flexibility index (Phi) is 5.05. The molecule has 0 saturated heterocycles. The molecule has 1 amide bonds. The molecule has 2 N–H and O–H groups in total. The fourth-order valence-corrected chi connectivity index (χ4v) is 2.07. The van der Waals surface area contributed by atoms with Gasteiger partial charge in [0.1, 0.15) is 17.7 Å². The summed E-state index contributed by atoms with van der Waals surface area (Å²) in [4.78, 5) is 23.3. The number of carboxylic acids is 1. The van der Waals surface area contributed by atoms with Gasteiger partial charge in [-0.15, -0.1) is 0 Å². The average Bonchev–Trinajstić information content (AvgIpc) is 2.48. The highest BCUT2D eigenvalue weighted by Gasteiger charge is 2.22. The molecule has 0 heterocycles. The van der Waals surface area contributed by atoms with Gasteiger partial charge in [-0.2, -0.15) is 0 Å². The van der Waals surface area contributed by atoms with Gasteiger partial charge in [-0.3, -0.25) is 4.79 Å². The van der Waals surface area contributed by atoms with E-state index < -0.39 is 35.1 Å². The van der Waals surface area contributed by atoms with Crippen LogP contribution in [0.5, 0.6) is 0 Å². The Hall–Kier alpha value is -2.76. The fourth-order valence-electron chi connectivity index (χ4n) is 2.07. The smallest absolute Gasteiger partial charge is 0.326 e. The molecule has 0 fully saturated rings. The summed E-state index contributed by atoms with van der Waals surface area (Å²) < 4.78 is 26.4. The lowest BCUT2D eigenvalue weighted by Crippen LogP contribution is -2.42. The van der Waals surface area contributed by atoms with E-state index in [0.717, 1.165) is 23.3 Å². The van der Waals surface area contributed by atoms with Crippen molar-refractivity contribution in [2.24, 2.45) is 0 Å². The number of nitrogens with one attached hydrogen (secondary N) is 1. The van der Waals surface area contributed by atoms with Crippen LogP contribution < -0.4 is 5.32 Å². The van der Waals surface area contributed by atoms with Crippen molar-refractivity contribution < 1.29 is 23.5 Å². The van der Waals surface area contributed by atoms with Gasteiger partial charge in [-0.1, -0.05) is 29.8 Å². The molecule has 23 heavy (non-hydrogen) atoms. The van der Waals surface area contributed by atoms with Gasteiger partial charge in [0.25, 0.3) is 5.91 Å². The topological polar surface area (TPSA) is 66.4 Å². The van der Waals surface area contributed by atoms with Gasteiger partial charge in [0.15, 0.2) is 0 Å². The summed E-state index contributed by atoms with van der Waals surface area (Å²) in [5.74, 6) is -3.99. The van der Waals surface area contributed by atoms with E-state index in [0.29, 0.717) is 6.07 Å². The van der Waals surface area contributed by atoms with Gasteiger partial charge in [-0.05, 0) is 24.6 Å². The first-order valence-corrected chi connectivity index (χ1v) is 6.91. The Morgan fingerprint density at radius 1 is 1.13 bits per heavy atom. The molecular formula is C17H15F2NO3. The maximum atomic E-state index is 13.6. The largest absolute Gasteiger partial charge is 0.480 e. The Morgan fingerprint density at radius 3 is 2.35 bits per heavy atom. The van der Waals surface area contributed by atoms with Crippen LogP contribution in [0.1, 0.15) is 21.5 Å².